The summed E-state index contributed by atoms with van der Waals surface area (Å²) in [6.07, 6.45) is 22.6. The second-order valence-corrected chi connectivity index (χ2v) is 9.48. The molecule has 0 fully saturated rings. The molecule has 0 spiro atoms. The minimum absolute atomic E-state index is 0.402. The lowest BCUT2D eigenvalue weighted by atomic mass is 9.85. The van der Waals surface area contributed by atoms with Crippen molar-refractivity contribution in [2.45, 2.75) is 167 Å². The first-order chi connectivity index (χ1) is 13.4. The Morgan fingerprint density at radius 2 is 0.571 bits per heavy atom. The largest absolute Gasteiger partial charge is 0.390 e. The van der Waals surface area contributed by atoms with E-state index in [4.69, 9.17) is 0 Å². The zero-order valence-corrected chi connectivity index (χ0v) is 20.0. The molecule has 0 saturated carbocycles. The van der Waals surface area contributed by atoms with Crippen molar-refractivity contribution in [2.75, 3.05) is 0 Å². The van der Waals surface area contributed by atoms with Crippen molar-refractivity contribution in [1.82, 2.24) is 0 Å². The summed E-state index contributed by atoms with van der Waals surface area (Å²) < 4.78 is 0. The van der Waals surface area contributed by atoms with Gasteiger partial charge < -0.3 is 10.2 Å². The summed E-state index contributed by atoms with van der Waals surface area (Å²) in [5.74, 6) is 0. The van der Waals surface area contributed by atoms with E-state index in [1.54, 1.807) is 0 Å². The quantitative estimate of drug-likeness (QED) is 0.191. The highest BCUT2D eigenvalue weighted by atomic mass is 16.3. The monoisotopic (exact) mass is 398 g/mol. The lowest BCUT2D eigenvalue weighted by molar-refractivity contribution is 0.00662. The molecule has 0 heterocycles. The van der Waals surface area contributed by atoms with Gasteiger partial charge in [-0.25, -0.2) is 0 Å². The van der Waals surface area contributed by atoms with E-state index in [-0.39, 0.29) is 0 Å². The van der Waals surface area contributed by atoms with E-state index in [0.717, 1.165) is 64.2 Å². The van der Waals surface area contributed by atoms with Crippen molar-refractivity contribution in [3.8, 4) is 0 Å². The summed E-state index contributed by atoms with van der Waals surface area (Å²) in [6.45, 7) is 8.86. The topological polar surface area (TPSA) is 40.5 Å². The van der Waals surface area contributed by atoms with Crippen molar-refractivity contribution in [2.24, 2.45) is 0 Å². The van der Waals surface area contributed by atoms with E-state index < -0.39 is 11.2 Å². The molecule has 170 valence electrons. The summed E-state index contributed by atoms with van der Waals surface area (Å²) in [7, 11) is 0. The van der Waals surface area contributed by atoms with Gasteiger partial charge in [0.15, 0.2) is 0 Å². The zero-order valence-electron chi connectivity index (χ0n) is 20.0. The first kappa shape index (κ1) is 27.9. The Kier molecular flexibility index (Phi) is 17.7. The van der Waals surface area contributed by atoms with Crippen molar-refractivity contribution < 1.29 is 10.2 Å². The molecule has 2 nitrogen and oxygen atoms in total. The van der Waals surface area contributed by atoms with Crippen molar-refractivity contribution in [3.63, 3.8) is 0 Å². The molecule has 0 aromatic rings. The Morgan fingerprint density at radius 1 is 0.357 bits per heavy atom. The van der Waals surface area contributed by atoms with E-state index in [1.165, 1.54) is 64.2 Å². The fourth-order valence-corrected chi connectivity index (χ4v) is 4.39. The summed E-state index contributed by atoms with van der Waals surface area (Å²) in [6, 6.07) is 0. The van der Waals surface area contributed by atoms with Crippen LogP contribution >= 0.6 is 0 Å². The molecule has 0 aliphatic heterocycles. The lowest BCUT2D eigenvalue weighted by Gasteiger charge is -2.28. The first-order valence-electron chi connectivity index (χ1n) is 12.9. The van der Waals surface area contributed by atoms with E-state index in [1.807, 2.05) is 0 Å². The third-order valence-corrected chi connectivity index (χ3v) is 6.52. The normalized spacial score (nSPS) is 12.6. The standard InChI is InChI=1S/C26H54O2/c1-5-9-19-25(27,20-10-6-2)23-17-15-13-14-16-18-24-26(28,21-11-7-3)22-12-8-4/h27-28H,5-24H2,1-4H3. The van der Waals surface area contributed by atoms with Crippen LogP contribution in [0.4, 0.5) is 0 Å². The number of unbranched alkanes of at least 4 members (excludes halogenated alkanes) is 9. The van der Waals surface area contributed by atoms with Crippen LogP contribution < -0.4 is 0 Å². The molecule has 0 rings (SSSR count). The maximum Gasteiger partial charge on any atom is 0.0647 e. The van der Waals surface area contributed by atoms with Crippen LogP contribution in [0.5, 0.6) is 0 Å². The molecule has 0 aliphatic carbocycles. The Hall–Kier alpha value is -0.0800. The van der Waals surface area contributed by atoms with Gasteiger partial charge in [0.05, 0.1) is 11.2 Å². The van der Waals surface area contributed by atoms with Gasteiger partial charge in [-0.15, -0.1) is 0 Å². The molecule has 0 aromatic carbocycles. The van der Waals surface area contributed by atoms with Gasteiger partial charge in [-0.2, -0.15) is 0 Å². The Bertz CT molecular complexity index is 278. The SMILES string of the molecule is CCCCC(O)(CCCC)CCCCCCCCC(O)(CCCC)CCCC. The fourth-order valence-electron chi connectivity index (χ4n) is 4.39. The number of hydrogen-bond acceptors (Lipinski definition) is 2. The molecule has 0 saturated heterocycles. The number of rotatable bonds is 21. The van der Waals surface area contributed by atoms with Crippen LogP contribution in [-0.4, -0.2) is 21.4 Å². The highest BCUT2D eigenvalue weighted by Crippen LogP contribution is 2.29. The predicted octanol–water partition coefficient (Wildman–Crippen LogP) is 8.33. The molecule has 0 atom stereocenters. The predicted molar refractivity (Wildman–Crippen MR) is 125 cm³/mol. The van der Waals surface area contributed by atoms with Crippen LogP contribution in [0.25, 0.3) is 0 Å². The average molecular weight is 399 g/mol. The third-order valence-electron chi connectivity index (χ3n) is 6.52. The van der Waals surface area contributed by atoms with Crippen molar-refractivity contribution in [1.29, 1.82) is 0 Å². The zero-order chi connectivity index (χ0) is 21.1. The summed E-state index contributed by atoms with van der Waals surface area (Å²) in [5.41, 5.74) is -0.803. The highest BCUT2D eigenvalue weighted by Gasteiger charge is 2.25. The van der Waals surface area contributed by atoms with Gasteiger partial charge in [0.1, 0.15) is 0 Å². The van der Waals surface area contributed by atoms with Crippen LogP contribution in [0, 0.1) is 0 Å². The second-order valence-electron chi connectivity index (χ2n) is 9.48. The summed E-state index contributed by atoms with van der Waals surface area (Å²) in [5, 5.41) is 21.8. The number of hydrogen-bond donors (Lipinski definition) is 2. The second kappa shape index (κ2) is 17.8. The Labute approximate surface area is 177 Å². The van der Waals surface area contributed by atoms with Gasteiger partial charge in [0, 0.05) is 0 Å². The van der Waals surface area contributed by atoms with Gasteiger partial charge in [0.2, 0.25) is 0 Å². The molecule has 0 bridgehead atoms. The molecule has 2 heteroatoms. The van der Waals surface area contributed by atoms with Crippen LogP contribution in [0.3, 0.4) is 0 Å². The average Bonchev–Trinajstić information content (AvgIpc) is 2.70. The van der Waals surface area contributed by atoms with Gasteiger partial charge in [-0.3, -0.25) is 0 Å². The molecule has 28 heavy (non-hydrogen) atoms. The van der Waals surface area contributed by atoms with E-state index in [2.05, 4.69) is 27.7 Å². The molecule has 0 unspecified atom stereocenters. The van der Waals surface area contributed by atoms with Gasteiger partial charge in [0.25, 0.3) is 0 Å². The molecule has 0 aliphatic rings. The maximum absolute atomic E-state index is 10.9. The van der Waals surface area contributed by atoms with Crippen LogP contribution in [0.2, 0.25) is 0 Å². The lowest BCUT2D eigenvalue weighted by Crippen LogP contribution is -2.28. The summed E-state index contributed by atoms with van der Waals surface area (Å²) in [4.78, 5) is 0. The van der Waals surface area contributed by atoms with Crippen LogP contribution in [-0.2, 0) is 0 Å². The molecular formula is C26H54O2. The number of aliphatic hydroxyl groups is 2. The van der Waals surface area contributed by atoms with E-state index >= 15 is 0 Å². The first-order valence-corrected chi connectivity index (χ1v) is 12.9. The Morgan fingerprint density at radius 3 is 0.821 bits per heavy atom. The van der Waals surface area contributed by atoms with E-state index in [9.17, 15) is 10.2 Å². The molecule has 0 amide bonds. The minimum atomic E-state index is -0.402. The highest BCUT2D eigenvalue weighted by molar-refractivity contribution is 4.79. The Balaban J connectivity index is 3.95. The van der Waals surface area contributed by atoms with E-state index in [0.29, 0.717) is 0 Å². The molecular weight excluding hydrogens is 344 g/mol. The smallest absolute Gasteiger partial charge is 0.0647 e. The molecule has 0 aromatic heterocycles. The third kappa shape index (κ3) is 14.9. The molecule has 0 radical (unpaired) electrons. The van der Waals surface area contributed by atoms with Gasteiger partial charge in [-0.1, -0.05) is 118 Å². The van der Waals surface area contributed by atoms with Crippen molar-refractivity contribution >= 4 is 0 Å². The van der Waals surface area contributed by atoms with Crippen LogP contribution in [0.1, 0.15) is 156 Å². The molecule has 2 N–H and O–H groups in total. The van der Waals surface area contributed by atoms with Crippen LogP contribution in [0.15, 0.2) is 0 Å². The minimum Gasteiger partial charge on any atom is -0.390 e. The van der Waals surface area contributed by atoms with Gasteiger partial charge >= 0.3 is 0 Å². The fraction of sp³-hybridized carbons (Fsp3) is 1.00. The van der Waals surface area contributed by atoms with Crippen molar-refractivity contribution in [3.05, 3.63) is 0 Å². The summed E-state index contributed by atoms with van der Waals surface area (Å²) >= 11 is 0. The van der Waals surface area contributed by atoms with Gasteiger partial charge in [-0.05, 0) is 38.5 Å². The maximum atomic E-state index is 10.9.